The summed E-state index contributed by atoms with van der Waals surface area (Å²) >= 11 is 1.40. The van der Waals surface area contributed by atoms with Crippen LogP contribution >= 0.6 is 11.3 Å². The number of hydrogen-bond acceptors (Lipinski definition) is 6. The van der Waals surface area contributed by atoms with Gasteiger partial charge in [0.1, 0.15) is 11.3 Å². The Bertz CT molecular complexity index is 871. The van der Waals surface area contributed by atoms with E-state index in [0.717, 1.165) is 10.2 Å². The van der Waals surface area contributed by atoms with Gasteiger partial charge in [0.2, 0.25) is 15.9 Å². The molecule has 0 spiro atoms. The molecule has 1 fully saturated rings. The van der Waals surface area contributed by atoms with Crippen molar-refractivity contribution in [2.24, 2.45) is 5.92 Å². The second-order valence-electron chi connectivity index (χ2n) is 5.89. The lowest BCUT2D eigenvalue weighted by atomic mass is 9.97. The molecule has 0 aliphatic carbocycles. The molecule has 0 radical (unpaired) electrons. The van der Waals surface area contributed by atoms with Gasteiger partial charge in [0.15, 0.2) is 5.13 Å². The van der Waals surface area contributed by atoms with Crippen molar-refractivity contribution in [1.29, 1.82) is 0 Å². The number of piperidine rings is 1. The van der Waals surface area contributed by atoms with Crippen LogP contribution in [-0.2, 0) is 14.8 Å². The minimum absolute atomic E-state index is 0.0946. The van der Waals surface area contributed by atoms with Crippen molar-refractivity contribution < 1.29 is 17.9 Å². The number of aromatic nitrogens is 1. The number of nitrogens with one attached hydrogen (secondary N) is 1. The first-order valence-corrected chi connectivity index (χ1v) is 10.6. The zero-order chi connectivity index (χ0) is 18.0. The lowest BCUT2D eigenvalue weighted by Gasteiger charge is -2.30. The van der Waals surface area contributed by atoms with Gasteiger partial charge in [-0.15, -0.1) is 0 Å². The fourth-order valence-corrected chi connectivity index (χ4v) is 4.95. The lowest BCUT2D eigenvalue weighted by Crippen LogP contribution is -2.42. The van der Waals surface area contributed by atoms with E-state index in [1.54, 1.807) is 14.0 Å². The number of amides is 1. The van der Waals surface area contributed by atoms with Gasteiger partial charge < -0.3 is 10.1 Å². The van der Waals surface area contributed by atoms with Crippen LogP contribution in [0.1, 0.15) is 19.8 Å². The van der Waals surface area contributed by atoms with Crippen molar-refractivity contribution >= 4 is 42.6 Å². The minimum atomic E-state index is -3.18. The van der Waals surface area contributed by atoms with E-state index in [0.29, 0.717) is 36.8 Å². The van der Waals surface area contributed by atoms with Crippen molar-refractivity contribution in [3.8, 4) is 5.75 Å². The molecule has 1 aromatic carbocycles. The molecule has 0 unspecified atom stereocenters. The number of nitrogens with zero attached hydrogens (tertiary/aromatic N) is 2. The molecule has 0 atom stereocenters. The highest BCUT2D eigenvalue weighted by Crippen LogP contribution is 2.32. The normalized spacial score (nSPS) is 16.9. The Balaban J connectivity index is 1.66. The van der Waals surface area contributed by atoms with E-state index >= 15 is 0 Å². The smallest absolute Gasteiger partial charge is 0.229 e. The number of benzene rings is 1. The summed E-state index contributed by atoms with van der Waals surface area (Å²) in [6.45, 7) is 2.42. The highest BCUT2D eigenvalue weighted by Gasteiger charge is 2.30. The molecule has 25 heavy (non-hydrogen) atoms. The van der Waals surface area contributed by atoms with E-state index in [1.165, 1.54) is 15.6 Å². The molecule has 136 valence electrons. The maximum absolute atomic E-state index is 12.5. The molecule has 0 bridgehead atoms. The average Bonchev–Trinajstić information content (AvgIpc) is 3.04. The van der Waals surface area contributed by atoms with Gasteiger partial charge in [-0.25, -0.2) is 17.7 Å². The first-order valence-electron chi connectivity index (χ1n) is 8.17. The molecule has 1 aliphatic rings. The number of anilines is 1. The Morgan fingerprint density at radius 2 is 2.12 bits per heavy atom. The summed E-state index contributed by atoms with van der Waals surface area (Å²) in [5.41, 5.74) is 0.731. The molecular formula is C16H21N3O4S2. The third kappa shape index (κ3) is 3.78. The van der Waals surface area contributed by atoms with E-state index in [1.807, 2.05) is 18.2 Å². The number of methoxy groups -OCH3 is 1. The molecule has 2 heterocycles. The summed E-state index contributed by atoms with van der Waals surface area (Å²) in [6, 6.07) is 5.64. The van der Waals surface area contributed by atoms with Crippen molar-refractivity contribution in [3.63, 3.8) is 0 Å². The van der Waals surface area contributed by atoms with Crippen LogP contribution in [0.5, 0.6) is 5.75 Å². The summed E-state index contributed by atoms with van der Waals surface area (Å²) in [4.78, 5) is 16.9. The summed E-state index contributed by atoms with van der Waals surface area (Å²) in [5.74, 6) is 0.466. The van der Waals surface area contributed by atoms with Gasteiger partial charge >= 0.3 is 0 Å². The van der Waals surface area contributed by atoms with Gasteiger partial charge in [-0.05, 0) is 31.9 Å². The van der Waals surface area contributed by atoms with Crippen LogP contribution < -0.4 is 10.1 Å². The number of carbonyl (C=O) groups excluding carboxylic acids is 1. The molecule has 0 saturated carbocycles. The highest BCUT2D eigenvalue weighted by atomic mass is 32.2. The third-order valence-electron chi connectivity index (χ3n) is 4.41. The molecule has 1 saturated heterocycles. The van der Waals surface area contributed by atoms with Crippen LogP contribution in [0, 0.1) is 5.92 Å². The van der Waals surface area contributed by atoms with Gasteiger partial charge in [0.05, 0.1) is 17.6 Å². The largest absolute Gasteiger partial charge is 0.494 e. The summed E-state index contributed by atoms with van der Waals surface area (Å²) in [5, 5.41) is 3.40. The van der Waals surface area contributed by atoms with Crippen LogP contribution in [0.2, 0.25) is 0 Å². The molecule has 1 amide bonds. The Morgan fingerprint density at radius 3 is 2.76 bits per heavy atom. The van der Waals surface area contributed by atoms with Crippen molar-refractivity contribution in [2.45, 2.75) is 19.8 Å². The van der Waals surface area contributed by atoms with Gasteiger partial charge in [-0.1, -0.05) is 17.4 Å². The second kappa shape index (κ2) is 7.27. The zero-order valence-corrected chi connectivity index (χ0v) is 15.8. The highest BCUT2D eigenvalue weighted by molar-refractivity contribution is 7.89. The topological polar surface area (TPSA) is 88.6 Å². The number of carbonyl (C=O) groups is 1. The number of sulfonamides is 1. The van der Waals surface area contributed by atoms with E-state index in [4.69, 9.17) is 4.74 Å². The quantitative estimate of drug-likeness (QED) is 0.856. The number of rotatable bonds is 5. The number of para-hydroxylation sites is 1. The summed E-state index contributed by atoms with van der Waals surface area (Å²) in [6.07, 6.45) is 1.05. The van der Waals surface area contributed by atoms with E-state index in [2.05, 4.69) is 10.3 Å². The molecule has 9 heteroatoms. The molecule has 7 nitrogen and oxygen atoms in total. The molecule has 3 rings (SSSR count). The molecule has 1 N–H and O–H groups in total. The first-order chi connectivity index (χ1) is 11.9. The first kappa shape index (κ1) is 18.1. The maximum Gasteiger partial charge on any atom is 0.229 e. The number of ether oxygens (including phenoxy) is 1. The maximum atomic E-state index is 12.5. The summed E-state index contributed by atoms with van der Waals surface area (Å²) in [7, 11) is -1.59. The average molecular weight is 383 g/mol. The Hall–Kier alpha value is -1.71. The predicted octanol–water partition coefficient (Wildman–Crippen LogP) is 2.31. The van der Waals surface area contributed by atoms with Gasteiger partial charge in [0.25, 0.3) is 0 Å². The lowest BCUT2D eigenvalue weighted by molar-refractivity contribution is -0.120. The standard InChI is InChI=1S/C16H21N3O4S2/c1-3-25(21,22)19-9-7-11(8-10-19)15(20)18-16-17-14-12(23-2)5-4-6-13(14)24-16/h4-6,11H,3,7-10H2,1-2H3,(H,17,18,20). The minimum Gasteiger partial charge on any atom is -0.494 e. The second-order valence-corrected chi connectivity index (χ2v) is 9.18. The van der Waals surface area contributed by atoms with Crippen molar-refractivity contribution in [3.05, 3.63) is 18.2 Å². The molecule has 1 aliphatic heterocycles. The van der Waals surface area contributed by atoms with Crippen LogP contribution in [-0.4, -0.2) is 49.6 Å². The van der Waals surface area contributed by atoms with Crippen molar-refractivity contribution in [2.75, 3.05) is 31.3 Å². The number of hydrogen-bond donors (Lipinski definition) is 1. The number of thiazole rings is 1. The molecule has 1 aromatic heterocycles. The zero-order valence-electron chi connectivity index (χ0n) is 14.2. The Morgan fingerprint density at radius 1 is 1.40 bits per heavy atom. The van der Waals surface area contributed by atoms with Crippen LogP contribution in [0.25, 0.3) is 10.2 Å². The van der Waals surface area contributed by atoms with Crippen LogP contribution in [0.4, 0.5) is 5.13 Å². The Kier molecular flexibility index (Phi) is 5.26. The van der Waals surface area contributed by atoms with Crippen LogP contribution in [0.15, 0.2) is 18.2 Å². The molecule has 2 aromatic rings. The van der Waals surface area contributed by atoms with Crippen LogP contribution in [0.3, 0.4) is 0 Å². The number of fused-ring (bicyclic) bond motifs is 1. The fourth-order valence-electron chi connectivity index (χ4n) is 2.93. The SMILES string of the molecule is CCS(=O)(=O)N1CCC(C(=O)Nc2nc3c(OC)cccc3s2)CC1. The summed E-state index contributed by atoms with van der Waals surface area (Å²) < 4.78 is 31.5. The van der Waals surface area contributed by atoms with E-state index in [-0.39, 0.29) is 17.6 Å². The van der Waals surface area contributed by atoms with E-state index < -0.39 is 10.0 Å². The van der Waals surface area contributed by atoms with Gasteiger partial charge in [-0.3, -0.25) is 4.79 Å². The fraction of sp³-hybridized carbons (Fsp3) is 0.500. The van der Waals surface area contributed by atoms with Crippen molar-refractivity contribution in [1.82, 2.24) is 9.29 Å². The predicted molar refractivity (Wildman–Crippen MR) is 98.6 cm³/mol. The van der Waals surface area contributed by atoms with Gasteiger partial charge in [-0.2, -0.15) is 0 Å². The monoisotopic (exact) mass is 383 g/mol. The molecular weight excluding hydrogens is 362 g/mol. The Labute approximate surface area is 151 Å². The third-order valence-corrected chi connectivity index (χ3v) is 7.23. The van der Waals surface area contributed by atoms with E-state index in [9.17, 15) is 13.2 Å². The van der Waals surface area contributed by atoms with Gasteiger partial charge in [0, 0.05) is 19.0 Å².